The van der Waals surface area contributed by atoms with E-state index < -0.39 is 5.60 Å². The van der Waals surface area contributed by atoms with Gasteiger partial charge in [0.1, 0.15) is 11.4 Å². The van der Waals surface area contributed by atoms with Gasteiger partial charge in [-0.2, -0.15) is 0 Å². The van der Waals surface area contributed by atoms with Crippen LogP contribution < -0.4 is 4.90 Å². The summed E-state index contributed by atoms with van der Waals surface area (Å²) < 4.78 is 21.9. The van der Waals surface area contributed by atoms with Gasteiger partial charge >= 0.3 is 6.09 Å². The average molecular weight is 498 g/mol. The molecule has 4 aromatic rings. The van der Waals surface area contributed by atoms with Crippen molar-refractivity contribution >= 4 is 22.7 Å². The molecular weight excluding hydrogens is 465 g/mol. The van der Waals surface area contributed by atoms with Crippen LogP contribution in [0.15, 0.2) is 79.0 Å². The molecule has 1 amide bonds. The molecule has 0 radical (unpaired) electrons. The van der Waals surface area contributed by atoms with Crippen LogP contribution >= 0.6 is 0 Å². The Labute approximate surface area is 217 Å². The van der Waals surface area contributed by atoms with Gasteiger partial charge in [0.25, 0.3) is 0 Å². The minimum absolute atomic E-state index is 0.225. The minimum atomic E-state index is -0.422. The van der Waals surface area contributed by atoms with Gasteiger partial charge in [0.15, 0.2) is 0 Å². The second-order valence-corrected chi connectivity index (χ2v) is 10.6. The standard InChI is InChI=1S/C31H32FN3O2/c1-22(2)34-20-24(29-27(9-6-10-28(29)34)23-11-13-25(32)14-12-23)19-33-17-15-31(16-18-33)21-35(30(36)37-31)26-7-4-3-5-8-26/h3-14,20,22H,15-19,21H2,1-2H3. The first-order valence-electron chi connectivity index (χ1n) is 13.1. The van der Waals surface area contributed by atoms with Gasteiger partial charge in [-0.15, -0.1) is 0 Å². The Morgan fingerprint density at radius 3 is 2.38 bits per heavy atom. The normalized spacial score (nSPS) is 17.7. The fourth-order valence-electron chi connectivity index (χ4n) is 5.86. The zero-order chi connectivity index (χ0) is 25.6. The topological polar surface area (TPSA) is 37.7 Å². The van der Waals surface area contributed by atoms with Gasteiger partial charge in [0, 0.05) is 61.3 Å². The third kappa shape index (κ3) is 4.40. The highest BCUT2D eigenvalue weighted by Gasteiger charge is 2.47. The van der Waals surface area contributed by atoms with Crippen molar-refractivity contribution < 1.29 is 13.9 Å². The summed E-state index contributed by atoms with van der Waals surface area (Å²) in [5, 5.41) is 1.23. The number of carbonyl (C=O) groups excluding carboxylic acids is 1. The highest BCUT2D eigenvalue weighted by molar-refractivity contribution is 5.98. The summed E-state index contributed by atoms with van der Waals surface area (Å²) in [7, 11) is 0. The lowest BCUT2D eigenvalue weighted by molar-refractivity contribution is -0.000890. The lowest BCUT2D eigenvalue weighted by Crippen LogP contribution is -2.46. The van der Waals surface area contributed by atoms with Crippen molar-refractivity contribution in [2.45, 2.75) is 44.9 Å². The summed E-state index contributed by atoms with van der Waals surface area (Å²) in [4.78, 5) is 16.9. The number of carbonyl (C=O) groups is 1. The molecule has 2 aliphatic heterocycles. The van der Waals surface area contributed by atoms with E-state index in [1.807, 2.05) is 42.5 Å². The molecule has 2 saturated heterocycles. The molecule has 0 unspecified atom stereocenters. The summed E-state index contributed by atoms with van der Waals surface area (Å²) in [5.74, 6) is -0.225. The third-order valence-corrected chi connectivity index (χ3v) is 7.85. The SMILES string of the molecule is CC(C)n1cc(CN2CCC3(CC2)CN(c2ccccc2)C(=O)O3)c2c(-c3ccc(F)cc3)cccc21. The molecule has 1 aromatic heterocycles. The van der Waals surface area contributed by atoms with Crippen molar-refractivity contribution in [3.05, 3.63) is 90.4 Å². The molecule has 0 aliphatic carbocycles. The Morgan fingerprint density at radius 1 is 0.946 bits per heavy atom. The van der Waals surface area contributed by atoms with Gasteiger partial charge in [-0.25, -0.2) is 9.18 Å². The average Bonchev–Trinajstić information content (AvgIpc) is 3.44. The maximum atomic E-state index is 13.6. The molecule has 0 N–H and O–H groups in total. The van der Waals surface area contributed by atoms with Gasteiger partial charge in [-0.1, -0.05) is 42.5 Å². The molecule has 6 rings (SSSR count). The monoisotopic (exact) mass is 497 g/mol. The zero-order valence-corrected chi connectivity index (χ0v) is 21.4. The number of rotatable bonds is 5. The summed E-state index contributed by atoms with van der Waals surface area (Å²) >= 11 is 0. The minimum Gasteiger partial charge on any atom is -0.441 e. The number of ether oxygens (including phenoxy) is 1. The van der Waals surface area contributed by atoms with Crippen molar-refractivity contribution in [3.63, 3.8) is 0 Å². The Balaban J connectivity index is 1.25. The Hall–Kier alpha value is -3.64. The van der Waals surface area contributed by atoms with Crippen molar-refractivity contribution in [3.8, 4) is 11.1 Å². The lowest BCUT2D eigenvalue weighted by Gasteiger charge is -2.37. The molecule has 3 aromatic carbocycles. The predicted molar refractivity (Wildman–Crippen MR) is 145 cm³/mol. The highest BCUT2D eigenvalue weighted by atomic mass is 19.1. The molecule has 5 nitrogen and oxygen atoms in total. The second kappa shape index (κ2) is 9.34. The van der Waals surface area contributed by atoms with Gasteiger partial charge in [-0.05, 0) is 60.9 Å². The molecular formula is C31H32FN3O2. The number of hydrogen-bond acceptors (Lipinski definition) is 3. The van der Waals surface area contributed by atoms with Crippen molar-refractivity contribution in [1.29, 1.82) is 0 Å². The summed E-state index contributed by atoms with van der Waals surface area (Å²) in [6.45, 7) is 7.55. The first-order valence-corrected chi connectivity index (χ1v) is 13.1. The molecule has 0 saturated carbocycles. The first kappa shape index (κ1) is 23.7. The van der Waals surface area contributed by atoms with Crippen LogP contribution in [0.25, 0.3) is 22.0 Å². The number of aromatic nitrogens is 1. The third-order valence-electron chi connectivity index (χ3n) is 7.85. The number of benzene rings is 3. The van der Waals surface area contributed by atoms with Crippen LogP contribution in [0.1, 0.15) is 38.3 Å². The van der Waals surface area contributed by atoms with Crippen LogP contribution in [0.5, 0.6) is 0 Å². The second-order valence-electron chi connectivity index (χ2n) is 10.6. The smallest absolute Gasteiger partial charge is 0.415 e. The predicted octanol–water partition coefficient (Wildman–Crippen LogP) is 7.02. The van der Waals surface area contributed by atoms with E-state index in [1.54, 1.807) is 4.90 Å². The number of nitrogens with zero attached hydrogens (tertiary/aromatic N) is 3. The number of halogens is 1. The molecule has 2 fully saturated rings. The molecule has 2 aliphatic rings. The lowest BCUT2D eigenvalue weighted by atomic mass is 9.90. The van der Waals surface area contributed by atoms with E-state index >= 15 is 0 Å². The van der Waals surface area contributed by atoms with Crippen molar-refractivity contribution in [2.24, 2.45) is 0 Å². The quantitative estimate of drug-likeness (QED) is 0.297. The number of para-hydroxylation sites is 1. The molecule has 37 heavy (non-hydrogen) atoms. The number of fused-ring (bicyclic) bond motifs is 1. The summed E-state index contributed by atoms with van der Waals surface area (Å²) in [6, 6.07) is 23.3. The molecule has 6 heteroatoms. The van der Waals surface area contributed by atoms with Crippen LogP contribution in [0.3, 0.4) is 0 Å². The van der Waals surface area contributed by atoms with E-state index in [0.29, 0.717) is 12.6 Å². The van der Waals surface area contributed by atoms with Crippen LogP contribution in [-0.2, 0) is 11.3 Å². The van der Waals surface area contributed by atoms with E-state index in [0.717, 1.165) is 49.3 Å². The maximum Gasteiger partial charge on any atom is 0.415 e. The van der Waals surface area contributed by atoms with Gasteiger partial charge in [0.2, 0.25) is 0 Å². The summed E-state index contributed by atoms with van der Waals surface area (Å²) in [5.41, 5.74) is 5.09. The van der Waals surface area contributed by atoms with E-state index in [9.17, 15) is 9.18 Å². The summed E-state index contributed by atoms with van der Waals surface area (Å²) in [6.07, 6.45) is 3.66. The van der Waals surface area contributed by atoms with Crippen LogP contribution in [0, 0.1) is 5.82 Å². The fraction of sp³-hybridized carbons (Fsp3) is 0.323. The molecule has 1 spiro atoms. The highest BCUT2D eigenvalue weighted by Crippen LogP contribution is 2.38. The first-order chi connectivity index (χ1) is 17.9. The van der Waals surface area contributed by atoms with Crippen molar-refractivity contribution in [2.75, 3.05) is 24.5 Å². The number of likely N-dealkylation sites (tertiary alicyclic amines) is 1. The van der Waals surface area contributed by atoms with E-state index in [1.165, 1.54) is 28.6 Å². The maximum absolute atomic E-state index is 13.6. The molecule has 3 heterocycles. The molecule has 190 valence electrons. The molecule has 0 bridgehead atoms. The van der Waals surface area contributed by atoms with Crippen molar-refractivity contribution in [1.82, 2.24) is 9.47 Å². The van der Waals surface area contributed by atoms with Crippen LogP contribution in [-0.4, -0.2) is 40.8 Å². The zero-order valence-electron chi connectivity index (χ0n) is 21.4. The fourth-order valence-corrected chi connectivity index (χ4v) is 5.86. The molecule has 0 atom stereocenters. The number of amides is 1. The van der Waals surface area contributed by atoms with E-state index in [2.05, 4.69) is 47.7 Å². The van der Waals surface area contributed by atoms with E-state index in [-0.39, 0.29) is 11.9 Å². The number of hydrogen-bond donors (Lipinski definition) is 0. The Morgan fingerprint density at radius 2 is 1.68 bits per heavy atom. The van der Waals surface area contributed by atoms with E-state index in [4.69, 9.17) is 4.74 Å². The van der Waals surface area contributed by atoms with Gasteiger partial charge in [-0.3, -0.25) is 9.80 Å². The van der Waals surface area contributed by atoms with Gasteiger partial charge < -0.3 is 9.30 Å². The van der Waals surface area contributed by atoms with Crippen LogP contribution in [0.4, 0.5) is 14.9 Å². The largest absolute Gasteiger partial charge is 0.441 e. The number of piperidine rings is 1. The Kier molecular flexibility index (Phi) is 6.00. The number of anilines is 1. The Bertz CT molecular complexity index is 1420. The van der Waals surface area contributed by atoms with Gasteiger partial charge in [0.05, 0.1) is 6.54 Å². The van der Waals surface area contributed by atoms with Crippen LogP contribution in [0.2, 0.25) is 0 Å².